The first-order chi connectivity index (χ1) is 13.8. The minimum Gasteiger partial charge on any atom is -0.496 e. The first-order valence-corrected chi connectivity index (χ1v) is 10.8. The number of para-hydroxylation sites is 1. The maximum Gasteiger partial charge on any atom is 0.264 e. The van der Waals surface area contributed by atoms with Crippen LogP contribution in [0.2, 0.25) is 5.02 Å². The molecule has 0 saturated heterocycles. The summed E-state index contributed by atoms with van der Waals surface area (Å²) in [6, 6.07) is 16.5. The topological polar surface area (TPSA) is 46.6 Å². The highest BCUT2D eigenvalue weighted by Gasteiger charge is 2.32. The number of halogens is 2. The van der Waals surface area contributed by atoms with E-state index in [1.807, 2.05) is 0 Å². The Morgan fingerprint density at radius 3 is 2.41 bits per heavy atom. The van der Waals surface area contributed by atoms with Gasteiger partial charge in [0, 0.05) is 10.6 Å². The predicted octanol–water partition coefficient (Wildman–Crippen LogP) is 5.75. The molecule has 0 N–H and O–H groups in total. The molecule has 3 rings (SSSR count). The van der Waals surface area contributed by atoms with Crippen molar-refractivity contribution in [3.05, 3.63) is 88.7 Å². The molecule has 0 aliphatic heterocycles. The van der Waals surface area contributed by atoms with Gasteiger partial charge in [0.05, 0.1) is 23.7 Å². The van der Waals surface area contributed by atoms with Crippen molar-refractivity contribution < 1.29 is 17.5 Å². The smallest absolute Gasteiger partial charge is 0.264 e. The van der Waals surface area contributed by atoms with Crippen LogP contribution in [0.25, 0.3) is 0 Å². The van der Waals surface area contributed by atoms with E-state index in [0.717, 1.165) is 5.56 Å². The highest BCUT2D eigenvalue weighted by molar-refractivity contribution is 7.92. The van der Waals surface area contributed by atoms with Crippen LogP contribution in [0.1, 0.15) is 24.1 Å². The quantitative estimate of drug-likeness (QED) is 0.497. The average Bonchev–Trinajstić information content (AvgIpc) is 2.69. The summed E-state index contributed by atoms with van der Waals surface area (Å²) >= 11 is 6.18. The number of sulfonamides is 1. The van der Waals surface area contributed by atoms with Crippen molar-refractivity contribution in [2.24, 2.45) is 0 Å². The molecule has 4 nitrogen and oxygen atoms in total. The van der Waals surface area contributed by atoms with Crippen LogP contribution in [0, 0.1) is 12.7 Å². The Bertz CT molecular complexity index is 1130. The van der Waals surface area contributed by atoms with Crippen LogP contribution in [-0.4, -0.2) is 15.5 Å². The van der Waals surface area contributed by atoms with Gasteiger partial charge in [0.15, 0.2) is 0 Å². The van der Waals surface area contributed by atoms with Gasteiger partial charge in [0.1, 0.15) is 11.6 Å². The molecule has 0 aromatic heterocycles. The van der Waals surface area contributed by atoms with Crippen molar-refractivity contribution in [3.8, 4) is 5.75 Å². The average molecular weight is 434 g/mol. The summed E-state index contributed by atoms with van der Waals surface area (Å²) < 4.78 is 47.8. The molecule has 0 bridgehead atoms. The first kappa shape index (κ1) is 21.1. The number of hydrogen-bond donors (Lipinski definition) is 0. The fourth-order valence-electron chi connectivity index (χ4n) is 3.17. The van der Waals surface area contributed by atoms with Crippen molar-refractivity contribution in [1.82, 2.24) is 0 Å². The molecule has 1 atom stereocenters. The van der Waals surface area contributed by atoms with Gasteiger partial charge in [-0.3, -0.25) is 4.31 Å². The summed E-state index contributed by atoms with van der Waals surface area (Å²) in [5, 5.41) is 0.343. The molecule has 3 aromatic carbocycles. The van der Waals surface area contributed by atoms with Gasteiger partial charge in [0.25, 0.3) is 10.0 Å². The Balaban J connectivity index is 2.21. The Morgan fingerprint density at radius 1 is 1.03 bits per heavy atom. The lowest BCUT2D eigenvalue weighted by molar-refractivity contribution is 0.407. The molecule has 1 unspecified atom stereocenters. The maximum absolute atomic E-state index is 14.0. The van der Waals surface area contributed by atoms with E-state index >= 15 is 0 Å². The van der Waals surface area contributed by atoms with Crippen LogP contribution in [0.5, 0.6) is 5.75 Å². The van der Waals surface area contributed by atoms with Crippen molar-refractivity contribution >= 4 is 27.3 Å². The number of hydrogen-bond acceptors (Lipinski definition) is 3. The first-order valence-electron chi connectivity index (χ1n) is 8.94. The normalized spacial score (nSPS) is 12.4. The molecule has 0 aliphatic carbocycles. The standard InChI is InChI=1S/C22H21ClFNO3S/c1-15-11-12-19(14-21(15)23)29(26,27)25(18-8-6-7-17(24)13-18)16(2)20-9-4-5-10-22(20)28-3/h4-14,16H,1-3H3. The molecule has 3 aromatic rings. The SMILES string of the molecule is COc1ccccc1C(C)N(c1cccc(F)c1)S(=O)(=O)c1ccc(C)c(Cl)c1. The van der Waals surface area contributed by atoms with Gasteiger partial charge in [-0.15, -0.1) is 0 Å². The Kier molecular flexibility index (Phi) is 6.15. The van der Waals surface area contributed by atoms with Crippen molar-refractivity contribution in [1.29, 1.82) is 0 Å². The van der Waals surface area contributed by atoms with E-state index < -0.39 is 21.9 Å². The van der Waals surface area contributed by atoms with Crippen LogP contribution in [0.4, 0.5) is 10.1 Å². The van der Waals surface area contributed by atoms with Gasteiger partial charge >= 0.3 is 0 Å². The van der Waals surface area contributed by atoms with E-state index in [-0.39, 0.29) is 10.6 Å². The number of methoxy groups -OCH3 is 1. The number of nitrogens with zero attached hydrogens (tertiary/aromatic N) is 1. The minimum absolute atomic E-state index is 0.0270. The summed E-state index contributed by atoms with van der Waals surface area (Å²) in [7, 11) is -2.54. The molecule has 0 radical (unpaired) electrons. The van der Waals surface area contributed by atoms with Gasteiger partial charge < -0.3 is 4.74 Å². The Labute approximate surface area is 175 Å². The lowest BCUT2D eigenvalue weighted by atomic mass is 10.1. The molecular formula is C22H21ClFNO3S. The van der Waals surface area contributed by atoms with E-state index in [1.54, 1.807) is 50.2 Å². The highest BCUT2D eigenvalue weighted by atomic mass is 35.5. The zero-order valence-electron chi connectivity index (χ0n) is 16.3. The zero-order valence-corrected chi connectivity index (χ0v) is 17.8. The summed E-state index contributed by atoms with van der Waals surface area (Å²) in [5.41, 5.74) is 1.63. The monoisotopic (exact) mass is 433 g/mol. The van der Waals surface area contributed by atoms with E-state index in [9.17, 15) is 12.8 Å². The van der Waals surface area contributed by atoms with Gasteiger partial charge in [-0.1, -0.05) is 41.9 Å². The molecular weight excluding hydrogens is 413 g/mol. The molecule has 152 valence electrons. The zero-order chi connectivity index (χ0) is 21.2. The van der Waals surface area contributed by atoms with Crippen molar-refractivity contribution in [2.75, 3.05) is 11.4 Å². The van der Waals surface area contributed by atoms with Crippen LogP contribution < -0.4 is 9.04 Å². The van der Waals surface area contributed by atoms with Crippen LogP contribution in [0.3, 0.4) is 0 Å². The molecule has 29 heavy (non-hydrogen) atoms. The summed E-state index contributed by atoms with van der Waals surface area (Å²) in [6.07, 6.45) is 0. The third-order valence-electron chi connectivity index (χ3n) is 4.70. The molecule has 0 fully saturated rings. The number of ether oxygens (including phenoxy) is 1. The molecule has 0 spiro atoms. The van der Waals surface area contributed by atoms with Crippen molar-refractivity contribution in [2.45, 2.75) is 24.8 Å². The molecule has 7 heteroatoms. The predicted molar refractivity (Wildman–Crippen MR) is 114 cm³/mol. The maximum atomic E-state index is 14.0. The summed E-state index contributed by atoms with van der Waals surface area (Å²) in [4.78, 5) is 0.0270. The van der Waals surface area contributed by atoms with E-state index in [1.165, 1.54) is 41.7 Å². The van der Waals surface area contributed by atoms with Crippen LogP contribution >= 0.6 is 11.6 Å². The molecule has 0 aliphatic rings. The lowest BCUT2D eigenvalue weighted by Gasteiger charge is -2.31. The number of aryl methyl sites for hydroxylation is 1. The molecule has 0 heterocycles. The lowest BCUT2D eigenvalue weighted by Crippen LogP contribution is -2.34. The summed E-state index contributed by atoms with van der Waals surface area (Å²) in [5.74, 6) is 0.00964. The Hall–Kier alpha value is -2.57. The molecule has 0 amide bonds. The van der Waals surface area contributed by atoms with E-state index in [2.05, 4.69) is 0 Å². The number of rotatable bonds is 6. The van der Waals surface area contributed by atoms with Crippen LogP contribution in [-0.2, 0) is 10.0 Å². The van der Waals surface area contributed by atoms with E-state index in [4.69, 9.17) is 16.3 Å². The highest BCUT2D eigenvalue weighted by Crippen LogP contribution is 2.37. The third-order valence-corrected chi connectivity index (χ3v) is 7.01. The third kappa shape index (κ3) is 4.23. The fourth-order valence-corrected chi connectivity index (χ4v) is 5.07. The second kappa shape index (κ2) is 8.43. The van der Waals surface area contributed by atoms with E-state index in [0.29, 0.717) is 16.3 Å². The number of anilines is 1. The van der Waals surface area contributed by atoms with Crippen LogP contribution in [0.15, 0.2) is 71.6 Å². The van der Waals surface area contributed by atoms with Gasteiger partial charge in [-0.25, -0.2) is 12.8 Å². The van der Waals surface area contributed by atoms with Gasteiger partial charge in [-0.2, -0.15) is 0 Å². The van der Waals surface area contributed by atoms with Crippen molar-refractivity contribution in [3.63, 3.8) is 0 Å². The second-order valence-corrected chi connectivity index (χ2v) is 8.83. The largest absolute Gasteiger partial charge is 0.496 e. The molecule has 0 saturated carbocycles. The minimum atomic E-state index is -4.06. The summed E-state index contributed by atoms with van der Waals surface area (Å²) in [6.45, 7) is 3.52. The second-order valence-electron chi connectivity index (χ2n) is 6.61. The Morgan fingerprint density at radius 2 is 1.76 bits per heavy atom. The van der Waals surface area contributed by atoms with Gasteiger partial charge in [-0.05, 0) is 55.8 Å². The van der Waals surface area contributed by atoms with Gasteiger partial charge in [0.2, 0.25) is 0 Å². The number of benzene rings is 3. The fraction of sp³-hybridized carbons (Fsp3) is 0.182.